The van der Waals surface area contributed by atoms with Gasteiger partial charge in [-0.1, -0.05) is 26.0 Å². The van der Waals surface area contributed by atoms with Gasteiger partial charge in [0, 0.05) is 11.3 Å². The largest absolute Gasteiger partial charge is 0.322 e. The molecule has 0 bridgehead atoms. The van der Waals surface area contributed by atoms with Gasteiger partial charge in [-0.05, 0) is 27.9 Å². The standard InChI is InChI=1S/C17H26N6S/c1-3-6-16(22-11-9-21(8-4-2)10-12-22)17-18-19-20-23(17)14-15-7-5-13-24-15/h4-5,7,13,16H,2-3,6,8-12,14H2,1H3/p+2/t16-/m0/s1. The molecule has 2 aromatic rings. The molecule has 7 heteroatoms. The van der Waals surface area contributed by atoms with Gasteiger partial charge in [-0.15, -0.1) is 16.4 Å². The van der Waals surface area contributed by atoms with Crippen LogP contribution in [0, 0.1) is 0 Å². The van der Waals surface area contributed by atoms with Crippen LogP contribution >= 0.6 is 11.3 Å². The molecule has 0 radical (unpaired) electrons. The fourth-order valence-corrected chi connectivity index (χ4v) is 4.30. The normalized spacial score (nSPS) is 22.4. The van der Waals surface area contributed by atoms with Crippen LogP contribution in [0.4, 0.5) is 0 Å². The van der Waals surface area contributed by atoms with E-state index in [2.05, 4.69) is 46.5 Å². The first-order valence-electron chi connectivity index (χ1n) is 8.89. The Morgan fingerprint density at radius 3 is 2.88 bits per heavy atom. The smallest absolute Gasteiger partial charge is 0.209 e. The summed E-state index contributed by atoms with van der Waals surface area (Å²) in [5.41, 5.74) is 0. The molecule has 1 aliphatic heterocycles. The first-order chi connectivity index (χ1) is 11.8. The van der Waals surface area contributed by atoms with Crippen LogP contribution in [0.3, 0.4) is 0 Å². The molecule has 1 atom stereocenters. The van der Waals surface area contributed by atoms with Gasteiger partial charge in [0.05, 0.1) is 13.1 Å². The summed E-state index contributed by atoms with van der Waals surface area (Å²) in [5.74, 6) is 1.05. The molecule has 2 N–H and O–H groups in total. The van der Waals surface area contributed by atoms with Gasteiger partial charge in [0.1, 0.15) is 32.2 Å². The fraction of sp³-hybridized carbons (Fsp3) is 0.588. The molecule has 0 unspecified atom stereocenters. The maximum Gasteiger partial charge on any atom is 0.209 e. The van der Waals surface area contributed by atoms with Crippen molar-refractivity contribution in [3.05, 3.63) is 40.9 Å². The van der Waals surface area contributed by atoms with E-state index in [1.54, 1.807) is 21.1 Å². The van der Waals surface area contributed by atoms with Gasteiger partial charge >= 0.3 is 0 Å². The molecule has 0 spiro atoms. The first-order valence-corrected chi connectivity index (χ1v) is 9.77. The van der Waals surface area contributed by atoms with Crippen LogP contribution in [0.5, 0.6) is 0 Å². The number of hydrogen-bond acceptors (Lipinski definition) is 4. The van der Waals surface area contributed by atoms with Crippen molar-refractivity contribution < 1.29 is 9.80 Å². The number of thiophene rings is 1. The third-order valence-corrected chi connectivity index (χ3v) is 5.72. The molecule has 0 saturated carbocycles. The van der Waals surface area contributed by atoms with Crippen LogP contribution in [0.1, 0.15) is 36.5 Å². The van der Waals surface area contributed by atoms with E-state index in [-0.39, 0.29) is 0 Å². The highest BCUT2D eigenvalue weighted by Crippen LogP contribution is 2.15. The molecule has 1 fully saturated rings. The van der Waals surface area contributed by atoms with Crippen LogP contribution in [0.15, 0.2) is 30.2 Å². The summed E-state index contributed by atoms with van der Waals surface area (Å²) in [7, 11) is 0. The van der Waals surface area contributed by atoms with Crippen molar-refractivity contribution in [1.82, 2.24) is 20.2 Å². The number of tetrazole rings is 1. The van der Waals surface area contributed by atoms with Crippen molar-refractivity contribution in [2.75, 3.05) is 32.7 Å². The summed E-state index contributed by atoms with van der Waals surface area (Å²) < 4.78 is 2.00. The molecule has 0 aromatic carbocycles. The van der Waals surface area contributed by atoms with Crippen molar-refractivity contribution in [2.45, 2.75) is 32.4 Å². The molecule has 6 nitrogen and oxygen atoms in total. The Labute approximate surface area is 147 Å². The minimum atomic E-state index is 0.398. The van der Waals surface area contributed by atoms with Gasteiger partial charge in [0.15, 0.2) is 0 Å². The number of rotatable bonds is 8. The first kappa shape index (κ1) is 17.3. The van der Waals surface area contributed by atoms with Gasteiger partial charge in [-0.2, -0.15) is 0 Å². The summed E-state index contributed by atoms with van der Waals surface area (Å²) in [6, 6.07) is 4.63. The van der Waals surface area contributed by atoms with Crippen LogP contribution in [0.25, 0.3) is 0 Å². The third-order valence-electron chi connectivity index (χ3n) is 4.86. The van der Waals surface area contributed by atoms with Crippen molar-refractivity contribution in [2.24, 2.45) is 0 Å². The second kappa shape index (κ2) is 8.50. The van der Waals surface area contributed by atoms with Crippen LogP contribution in [0.2, 0.25) is 0 Å². The second-order valence-corrected chi connectivity index (χ2v) is 7.55. The molecule has 24 heavy (non-hydrogen) atoms. The Hall–Kier alpha value is -1.57. The number of quaternary nitrogens is 2. The van der Waals surface area contributed by atoms with Gasteiger partial charge in [0.2, 0.25) is 5.82 Å². The Kier molecular flexibility index (Phi) is 6.12. The molecule has 0 amide bonds. The predicted molar refractivity (Wildman–Crippen MR) is 95.3 cm³/mol. The van der Waals surface area contributed by atoms with E-state index in [4.69, 9.17) is 0 Å². The Morgan fingerprint density at radius 1 is 1.38 bits per heavy atom. The minimum absolute atomic E-state index is 0.398. The molecular weight excluding hydrogens is 320 g/mol. The van der Waals surface area contributed by atoms with Crippen molar-refractivity contribution in [3.8, 4) is 0 Å². The van der Waals surface area contributed by atoms with E-state index in [0.717, 1.165) is 31.8 Å². The Bertz CT molecular complexity index is 615. The number of aromatic nitrogens is 4. The SMILES string of the molecule is C=CC[NH+]1CC[NH+]([C@@H](CCC)c2nnnn2Cc2cccs2)CC1. The summed E-state index contributed by atoms with van der Waals surface area (Å²) in [4.78, 5) is 4.57. The van der Waals surface area contributed by atoms with Crippen LogP contribution in [-0.2, 0) is 6.54 Å². The zero-order chi connectivity index (χ0) is 16.8. The number of piperazine rings is 1. The third kappa shape index (κ3) is 4.09. The molecule has 1 saturated heterocycles. The molecule has 3 heterocycles. The average Bonchev–Trinajstić information content (AvgIpc) is 3.26. The summed E-state index contributed by atoms with van der Waals surface area (Å²) in [6.45, 7) is 12.7. The minimum Gasteiger partial charge on any atom is -0.322 e. The van der Waals surface area contributed by atoms with Crippen molar-refractivity contribution in [1.29, 1.82) is 0 Å². The lowest BCUT2D eigenvalue weighted by molar-refractivity contribution is -1.03. The van der Waals surface area contributed by atoms with E-state index in [1.807, 2.05) is 10.8 Å². The van der Waals surface area contributed by atoms with E-state index < -0.39 is 0 Å². The van der Waals surface area contributed by atoms with Gasteiger partial charge in [-0.25, -0.2) is 4.68 Å². The molecule has 130 valence electrons. The zero-order valence-corrected chi connectivity index (χ0v) is 15.3. The van der Waals surface area contributed by atoms with Crippen molar-refractivity contribution >= 4 is 11.3 Å². The van der Waals surface area contributed by atoms with Crippen molar-refractivity contribution in [3.63, 3.8) is 0 Å². The van der Waals surface area contributed by atoms with Crippen LogP contribution < -0.4 is 9.80 Å². The number of nitrogens with zero attached hydrogens (tertiary/aromatic N) is 4. The maximum absolute atomic E-state index is 4.41. The van der Waals surface area contributed by atoms with Gasteiger partial charge in [0.25, 0.3) is 0 Å². The number of nitrogens with one attached hydrogen (secondary N) is 2. The van der Waals surface area contributed by atoms with E-state index in [0.29, 0.717) is 6.04 Å². The van der Waals surface area contributed by atoms with E-state index in [9.17, 15) is 0 Å². The summed E-state index contributed by atoms with van der Waals surface area (Å²) in [6.07, 6.45) is 4.33. The summed E-state index contributed by atoms with van der Waals surface area (Å²) >= 11 is 1.76. The highest BCUT2D eigenvalue weighted by atomic mass is 32.1. The zero-order valence-electron chi connectivity index (χ0n) is 14.4. The lowest BCUT2D eigenvalue weighted by Crippen LogP contribution is -3.28. The van der Waals surface area contributed by atoms with Crippen LogP contribution in [-0.4, -0.2) is 52.9 Å². The molecule has 1 aliphatic rings. The summed E-state index contributed by atoms with van der Waals surface area (Å²) in [5, 5.41) is 14.8. The molecular formula is C17H28N6S+2. The monoisotopic (exact) mass is 348 g/mol. The predicted octanol–water partition coefficient (Wildman–Crippen LogP) is -0.406. The molecule has 3 rings (SSSR count). The lowest BCUT2D eigenvalue weighted by atomic mass is 10.1. The maximum atomic E-state index is 4.41. The average molecular weight is 349 g/mol. The molecule has 2 aromatic heterocycles. The second-order valence-electron chi connectivity index (χ2n) is 6.52. The van der Waals surface area contributed by atoms with E-state index in [1.165, 1.54) is 31.1 Å². The highest BCUT2D eigenvalue weighted by Gasteiger charge is 2.33. The van der Waals surface area contributed by atoms with Gasteiger partial charge in [-0.3, -0.25) is 0 Å². The topological polar surface area (TPSA) is 52.5 Å². The van der Waals surface area contributed by atoms with E-state index >= 15 is 0 Å². The fourth-order valence-electron chi connectivity index (χ4n) is 3.61. The number of hydrogen-bond donors (Lipinski definition) is 2. The lowest BCUT2D eigenvalue weighted by Gasteiger charge is -2.33. The highest BCUT2D eigenvalue weighted by molar-refractivity contribution is 7.09. The Balaban J connectivity index is 1.72. The Morgan fingerprint density at radius 2 is 2.21 bits per heavy atom. The quantitative estimate of drug-likeness (QED) is 0.638. The van der Waals surface area contributed by atoms with Gasteiger partial charge < -0.3 is 9.80 Å². The molecule has 0 aliphatic carbocycles.